The van der Waals surface area contributed by atoms with Crippen molar-refractivity contribution in [2.75, 3.05) is 36.5 Å². The lowest BCUT2D eigenvalue weighted by Gasteiger charge is -2.43. The van der Waals surface area contributed by atoms with Gasteiger partial charge in [0.1, 0.15) is 0 Å². The summed E-state index contributed by atoms with van der Waals surface area (Å²) in [4.78, 5) is 17.7. The van der Waals surface area contributed by atoms with Gasteiger partial charge in [0, 0.05) is 66.2 Å². The minimum absolute atomic E-state index is 0.113. The van der Waals surface area contributed by atoms with Crippen molar-refractivity contribution in [3.05, 3.63) is 40.7 Å². The summed E-state index contributed by atoms with van der Waals surface area (Å²) in [6, 6.07) is 5.30. The quantitative estimate of drug-likeness (QED) is 0.634. The van der Waals surface area contributed by atoms with E-state index in [2.05, 4.69) is 15.2 Å². The average molecular weight is 372 g/mol. The minimum atomic E-state index is -0.336. The molecule has 2 fully saturated rings. The Morgan fingerprint density at radius 2 is 1.96 bits per heavy atom. The summed E-state index contributed by atoms with van der Waals surface area (Å²) >= 11 is 2.04. The fraction of sp³-hybridized carbons (Fsp3) is 0.526. The lowest BCUT2D eigenvalue weighted by atomic mass is 9.94. The summed E-state index contributed by atoms with van der Waals surface area (Å²) in [6.45, 7) is 3.22. The summed E-state index contributed by atoms with van der Waals surface area (Å²) < 4.78 is 0. The number of pyridine rings is 1. The molecule has 0 radical (unpaired) electrons. The summed E-state index contributed by atoms with van der Waals surface area (Å²) in [5.74, 6) is 2.43. The molecule has 1 saturated heterocycles. The SMILES string of the molecule is O=[N+]([O-])c1ccc(NCC2(N3CCSCC3)CCCC2)c2ccncc12. The summed E-state index contributed by atoms with van der Waals surface area (Å²) in [7, 11) is 0. The average Bonchev–Trinajstić information content (AvgIpc) is 3.17. The van der Waals surface area contributed by atoms with Crippen LogP contribution in [0.5, 0.6) is 0 Å². The Balaban J connectivity index is 1.60. The van der Waals surface area contributed by atoms with Gasteiger partial charge in [-0.05, 0) is 25.0 Å². The summed E-state index contributed by atoms with van der Waals surface area (Å²) in [5.41, 5.74) is 1.30. The van der Waals surface area contributed by atoms with Gasteiger partial charge in [-0.15, -0.1) is 0 Å². The first-order valence-corrected chi connectivity index (χ1v) is 10.4. The molecule has 4 rings (SSSR count). The zero-order valence-corrected chi connectivity index (χ0v) is 15.6. The Morgan fingerprint density at radius 3 is 2.69 bits per heavy atom. The Hall–Kier alpha value is -1.86. The number of anilines is 1. The molecule has 1 aliphatic heterocycles. The normalized spacial score (nSPS) is 20.3. The second-order valence-corrected chi connectivity index (χ2v) is 8.42. The Kier molecular flexibility index (Phi) is 5.00. The van der Waals surface area contributed by atoms with Gasteiger partial charge >= 0.3 is 0 Å². The number of rotatable bonds is 5. The molecule has 1 N–H and O–H groups in total. The zero-order chi connectivity index (χ0) is 18.0. The molecule has 1 aromatic carbocycles. The van der Waals surface area contributed by atoms with Gasteiger partial charge in [0.05, 0.1) is 10.3 Å². The van der Waals surface area contributed by atoms with Crippen molar-refractivity contribution in [3.8, 4) is 0 Å². The number of hydrogen-bond acceptors (Lipinski definition) is 6. The van der Waals surface area contributed by atoms with Crippen LogP contribution in [0.15, 0.2) is 30.6 Å². The number of non-ortho nitro benzene ring substituents is 1. The van der Waals surface area contributed by atoms with Crippen LogP contribution in [0.1, 0.15) is 25.7 Å². The molecule has 1 aromatic heterocycles. The van der Waals surface area contributed by atoms with Crippen molar-refractivity contribution in [3.63, 3.8) is 0 Å². The van der Waals surface area contributed by atoms with Crippen molar-refractivity contribution in [1.82, 2.24) is 9.88 Å². The zero-order valence-electron chi connectivity index (χ0n) is 14.8. The molecule has 138 valence electrons. The molecule has 2 heterocycles. The van der Waals surface area contributed by atoms with Gasteiger partial charge < -0.3 is 5.32 Å². The van der Waals surface area contributed by atoms with Gasteiger partial charge in [0.25, 0.3) is 5.69 Å². The predicted molar refractivity (Wildman–Crippen MR) is 107 cm³/mol. The van der Waals surface area contributed by atoms with Crippen LogP contribution < -0.4 is 5.32 Å². The first-order valence-electron chi connectivity index (χ1n) is 9.27. The second-order valence-electron chi connectivity index (χ2n) is 7.20. The molecule has 26 heavy (non-hydrogen) atoms. The fourth-order valence-corrected chi connectivity index (χ4v) is 5.33. The standard InChI is InChI=1S/C19H24N4O2S/c24-23(25)18-4-3-17(15-5-8-20-13-16(15)18)21-14-19(6-1-2-7-19)22-9-11-26-12-10-22/h3-5,8,13,21H,1-2,6-7,9-12,14H2. The molecule has 0 spiro atoms. The van der Waals surface area contributed by atoms with Crippen LogP contribution in [-0.4, -0.2) is 51.5 Å². The van der Waals surface area contributed by atoms with Crippen LogP contribution in [0.3, 0.4) is 0 Å². The molecular weight excluding hydrogens is 348 g/mol. The number of hydrogen-bond donors (Lipinski definition) is 1. The van der Waals surface area contributed by atoms with Crippen molar-refractivity contribution >= 4 is 33.9 Å². The third-order valence-electron chi connectivity index (χ3n) is 5.82. The number of nitro groups is 1. The minimum Gasteiger partial charge on any atom is -0.383 e. The topological polar surface area (TPSA) is 71.3 Å². The smallest absolute Gasteiger partial charge is 0.278 e. The molecule has 6 nitrogen and oxygen atoms in total. The number of nitrogens with zero attached hydrogens (tertiary/aromatic N) is 3. The Bertz CT molecular complexity index is 801. The van der Waals surface area contributed by atoms with Gasteiger partial charge in [-0.2, -0.15) is 11.8 Å². The number of aromatic nitrogens is 1. The molecule has 0 unspecified atom stereocenters. The highest BCUT2D eigenvalue weighted by molar-refractivity contribution is 7.99. The summed E-state index contributed by atoms with van der Waals surface area (Å²) in [5, 5.41) is 16.4. The van der Waals surface area contributed by atoms with Gasteiger partial charge in [0.15, 0.2) is 0 Å². The van der Waals surface area contributed by atoms with Crippen molar-refractivity contribution < 1.29 is 4.92 Å². The third kappa shape index (κ3) is 3.25. The van der Waals surface area contributed by atoms with E-state index in [9.17, 15) is 10.1 Å². The lowest BCUT2D eigenvalue weighted by Crippen LogP contribution is -2.54. The van der Waals surface area contributed by atoms with E-state index >= 15 is 0 Å². The van der Waals surface area contributed by atoms with E-state index in [1.807, 2.05) is 23.9 Å². The number of fused-ring (bicyclic) bond motifs is 1. The van der Waals surface area contributed by atoms with Gasteiger partial charge in [-0.3, -0.25) is 20.0 Å². The molecule has 0 amide bonds. The van der Waals surface area contributed by atoms with E-state index in [0.717, 1.165) is 30.7 Å². The number of benzene rings is 1. The molecule has 2 aromatic rings. The maximum Gasteiger partial charge on any atom is 0.278 e. The molecule has 0 bridgehead atoms. The number of thioether (sulfide) groups is 1. The fourth-order valence-electron chi connectivity index (χ4n) is 4.42. The Labute approximate surface area is 157 Å². The summed E-state index contributed by atoms with van der Waals surface area (Å²) in [6.07, 6.45) is 8.33. The van der Waals surface area contributed by atoms with Crippen LogP contribution in [0.4, 0.5) is 11.4 Å². The largest absolute Gasteiger partial charge is 0.383 e. The van der Waals surface area contributed by atoms with Crippen molar-refractivity contribution in [2.45, 2.75) is 31.2 Å². The van der Waals surface area contributed by atoms with Crippen LogP contribution >= 0.6 is 11.8 Å². The Morgan fingerprint density at radius 1 is 1.19 bits per heavy atom. The first kappa shape index (κ1) is 17.5. The molecule has 2 aliphatic rings. The molecular formula is C19H24N4O2S. The van der Waals surface area contributed by atoms with Crippen LogP contribution in [-0.2, 0) is 0 Å². The van der Waals surface area contributed by atoms with E-state index in [-0.39, 0.29) is 16.1 Å². The van der Waals surface area contributed by atoms with Crippen molar-refractivity contribution in [1.29, 1.82) is 0 Å². The van der Waals surface area contributed by atoms with Crippen molar-refractivity contribution in [2.24, 2.45) is 0 Å². The van der Waals surface area contributed by atoms with Crippen LogP contribution in [0.2, 0.25) is 0 Å². The lowest BCUT2D eigenvalue weighted by molar-refractivity contribution is -0.383. The van der Waals surface area contributed by atoms with Crippen LogP contribution in [0.25, 0.3) is 10.8 Å². The molecule has 0 atom stereocenters. The molecule has 1 aliphatic carbocycles. The first-order chi connectivity index (χ1) is 12.7. The maximum atomic E-state index is 11.3. The van der Waals surface area contributed by atoms with Gasteiger partial charge in [0.2, 0.25) is 0 Å². The monoisotopic (exact) mass is 372 g/mol. The van der Waals surface area contributed by atoms with Gasteiger partial charge in [-0.1, -0.05) is 12.8 Å². The van der Waals surface area contributed by atoms with E-state index in [0.29, 0.717) is 5.39 Å². The highest BCUT2D eigenvalue weighted by Gasteiger charge is 2.39. The highest BCUT2D eigenvalue weighted by Crippen LogP contribution is 2.38. The number of nitro benzene ring substituents is 1. The van der Waals surface area contributed by atoms with E-state index < -0.39 is 0 Å². The van der Waals surface area contributed by atoms with E-state index in [1.165, 1.54) is 37.2 Å². The highest BCUT2D eigenvalue weighted by atomic mass is 32.2. The molecule has 7 heteroatoms. The predicted octanol–water partition coefficient (Wildman–Crippen LogP) is 3.92. The molecule has 1 saturated carbocycles. The third-order valence-corrected chi connectivity index (χ3v) is 6.76. The maximum absolute atomic E-state index is 11.3. The number of nitrogens with one attached hydrogen (secondary N) is 1. The van der Waals surface area contributed by atoms with E-state index in [4.69, 9.17) is 0 Å². The van der Waals surface area contributed by atoms with E-state index in [1.54, 1.807) is 18.5 Å². The van der Waals surface area contributed by atoms with Gasteiger partial charge in [-0.25, -0.2) is 0 Å². The second kappa shape index (κ2) is 7.40. The van der Waals surface area contributed by atoms with Crippen LogP contribution in [0, 0.1) is 10.1 Å².